The van der Waals surface area contributed by atoms with Crippen LogP contribution < -0.4 is 5.73 Å². The Labute approximate surface area is 147 Å². The number of halogens is 3. The van der Waals surface area contributed by atoms with E-state index >= 15 is 0 Å². The molecule has 3 rings (SSSR count). The van der Waals surface area contributed by atoms with E-state index in [9.17, 15) is 4.39 Å². The zero-order valence-corrected chi connectivity index (χ0v) is 14.9. The van der Waals surface area contributed by atoms with E-state index in [1.807, 2.05) is 6.20 Å². The summed E-state index contributed by atoms with van der Waals surface area (Å²) in [5, 5.41) is 0.595. The third kappa shape index (κ3) is 4.17. The first kappa shape index (κ1) is 17.6. The Morgan fingerprint density at radius 3 is 3.00 bits per heavy atom. The summed E-state index contributed by atoms with van der Waals surface area (Å²) in [6.07, 6.45) is 1.78. The molecule has 1 aliphatic rings. The fourth-order valence-corrected chi connectivity index (χ4v) is 3.50. The normalized spacial score (nSPS) is 18.9. The number of nitrogens with two attached hydrogens (primary N) is 1. The van der Waals surface area contributed by atoms with E-state index in [0.717, 1.165) is 30.1 Å². The Morgan fingerprint density at radius 1 is 1.50 bits per heavy atom. The van der Waals surface area contributed by atoms with Crippen molar-refractivity contribution in [3.05, 3.63) is 45.1 Å². The quantitative estimate of drug-likeness (QED) is 0.843. The second-order valence-corrected chi connectivity index (χ2v) is 6.93. The summed E-state index contributed by atoms with van der Waals surface area (Å²) in [6.45, 7) is 3.12. The maximum atomic E-state index is 13.3. The fraction of sp³-hybridized carbons (Fsp3) is 0.357. The van der Waals surface area contributed by atoms with Crippen molar-refractivity contribution in [2.45, 2.75) is 12.6 Å². The molecule has 0 radical (unpaired) electrons. The number of hydrogen-bond donors (Lipinski definition) is 1. The average molecular weight is 409 g/mol. The van der Waals surface area contributed by atoms with Gasteiger partial charge in [0.05, 0.1) is 17.2 Å². The third-order valence-electron chi connectivity index (χ3n) is 3.42. The standard InChI is InChI=1S/C14H15BrFN3OS.ClH/c15-11-5-9(1-2-12(11)16)13-8-19(3-4-20-13)7-10-6-18-14(17)21-10;/h1-2,5-6,13H,3-4,7-8H2,(H2,17,18);1H. The highest BCUT2D eigenvalue weighted by Gasteiger charge is 2.23. The summed E-state index contributed by atoms with van der Waals surface area (Å²) in [5.74, 6) is -0.258. The van der Waals surface area contributed by atoms with E-state index < -0.39 is 0 Å². The van der Waals surface area contributed by atoms with Crippen LogP contribution in [-0.2, 0) is 11.3 Å². The summed E-state index contributed by atoms with van der Waals surface area (Å²) in [7, 11) is 0. The molecule has 2 aromatic rings. The molecule has 1 aromatic heterocycles. The Bertz CT molecular complexity index is 642. The number of nitrogen functional groups attached to an aromatic ring is 1. The Hall–Kier alpha value is -0.730. The molecule has 1 fully saturated rings. The van der Waals surface area contributed by atoms with Gasteiger partial charge >= 0.3 is 0 Å². The molecule has 1 unspecified atom stereocenters. The molecule has 0 amide bonds. The summed E-state index contributed by atoms with van der Waals surface area (Å²) in [6, 6.07) is 5.03. The van der Waals surface area contributed by atoms with Crippen molar-refractivity contribution in [2.24, 2.45) is 0 Å². The highest BCUT2D eigenvalue weighted by atomic mass is 79.9. The van der Waals surface area contributed by atoms with Gasteiger partial charge in [0.1, 0.15) is 5.82 Å². The lowest BCUT2D eigenvalue weighted by atomic mass is 10.1. The number of hydrogen-bond acceptors (Lipinski definition) is 5. The minimum atomic E-state index is -0.258. The van der Waals surface area contributed by atoms with Crippen molar-refractivity contribution >= 4 is 44.8 Å². The Kier molecular flexibility index (Phi) is 6.17. The Balaban J connectivity index is 0.00000176. The molecule has 4 nitrogen and oxygen atoms in total. The van der Waals surface area contributed by atoms with Crippen LogP contribution in [0.3, 0.4) is 0 Å². The molecule has 1 aromatic carbocycles. The number of rotatable bonds is 3. The van der Waals surface area contributed by atoms with E-state index in [2.05, 4.69) is 25.8 Å². The molecule has 2 heterocycles. The third-order valence-corrected chi connectivity index (χ3v) is 4.84. The molecule has 0 bridgehead atoms. The molecule has 0 saturated carbocycles. The van der Waals surface area contributed by atoms with Gasteiger partial charge in [0.25, 0.3) is 0 Å². The summed E-state index contributed by atoms with van der Waals surface area (Å²) in [4.78, 5) is 7.52. The predicted molar refractivity (Wildman–Crippen MR) is 91.8 cm³/mol. The van der Waals surface area contributed by atoms with Gasteiger partial charge < -0.3 is 10.5 Å². The van der Waals surface area contributed by atoms with E-state index in [4.69, 9.17) is 10.5 Å². The second-order valence-electron chi connectivity index (χ2n) is 4.93. The number of nitrogens with zero attached hydrogens (tertiary/aromatic N) is 2. The van der Waals surface area contributed by atoms with E-state index in [0.29, 0.717) is 16.2 Å². The van der Waals surface area contributed by atoms with Crippen molar-refractivity contribution in [3.63, 3.8) is 0 Å². The zero-order valence-electron chi connectivity index (χ0n) is 11.7. The fourth-order valence-electron chi connectivity index (χ4n) is 2.38. The minimum absolute atomic E-state index is 0. The number of ether oxygens (including phenoxy) is 1. The number of thiazole rings is 1. The van der Waals surface area contributed by atoms with Gasteiger partial charge in [0.15, 0.2) is 5.13 Å². The van der Waals surface area contributed by atoms with Gasteiger partial charge in [-0.3, -0.25) is 4.90 Å². The molecule has 120 valence electrons. The van der Waals surface area contributed by atoms with E-state index in [1.165, 1.54) is 17.4 Å². The summed E-state index contributed by atoms with van der Waals surface area (Å²) >= 11 is 4.73. The lowest BCUT2D eigenvalue weighted by Crippen LogP contribution is -2.37. The predicted octanol–water partition coefficient (Wildman–Crippen LogP) is 3.62. The summed E-state index contributed by atoms with van der Waals surface area (Å²) in [5.41, 5.74) is 6.64. The highest BCUT2D eigenvalue weighted by molar-refractivity contribution is 9.10. The van der Waals surface area contributed by atoms with Crippen molar-refractivity contribution in [1.82, 2.24) is 9.88 Å². The van der Waals surface area contributed by atoms with Crippen LogP contribution in [0, 0.1) is 5.82 Å². The van der Waals surface area contributed by atoms with Crippen LogP contribution in [0.15, 0.2) is 28.9 Å². The van der Waals surface area contributed by atoms with Crippen molar-refractivity contribution in [2.75, 3.05) is 25.4 Å². The van der Waals surface area contributed by atoms with Gasteiger partial charge in [-0.2, -0.15) is 0 Å². The van der Waals surface area contributed by atoms with Crippen LogP contribution in [0.2, 0.25) is 0 Å². The molecule has 1 atom stereocenters. The first-order chi connectivity index (χ1) is 10.1. The lowest BCUT2D eigenvalue weighted by Gasteiger charge is -2.32. The van der Waals surface area contributed by atoms with E-state index in [1.54, 1.807) is 12.1 Å². The van der Waals surface area contributed by atoms with Crippen LogP contribution in [-0.4, -0.2) is 29.6 Å². The number of morpholine rings is 1. The molecule has 8 heteroatoms. The van der Waals surface area contributed by atoms with Crippen LogP contribution >= 0.6 is 39.7 Å². The molecule has 2 N–H and O–H groups in total. The van der Waals surface area contributed by atoms with Crippen LogP contribution in [0.4, 0.5) is 9.52 Å². The van der Waals surface area contributed by atoms with Crippen LogP contribution in [0.25, 0.3) is 0 Å². The van der Waals surface area contributed by atoms with Gasteiger partial charge in [-0.25, -0.2) is 9.37 Å². The number of aromatic nitrogens is 1. The van der Waals surface area contributed by atoms with Crippen molar-refractivity contribution in [1.29, 1.82) is 0 Å². The lowest BCUT2D eigenvalue weighted by molar-refractivity contribution is -0.0326. The molecule has 1 saturated heterocycles. The molecule has 0 aliphatic carbocycles. The van der Waals surface area contributed by atoms with Crippen molar-refractivity contribution in [3.8, 4) is 0 Å². The smallest absolute Gasteiger partial charge is 0.180 e. The van der Waals surface area contributed by atoms with E-state index in [-0.39, 0.29) is 24.3 Å². The first-order valence-corrected chi connectivity index (χ1v) is 8.22. The second kappa shape index (κ2) is 7.70. The first-order valence-electron chi connectivity index (χ1n) is 6.61. The molecule has 22 heavy (non-hydrogen) atoms. The SMILES string of the molecule is Cl.Nc1ncc(CN2CCOC(c3ccc(F)c(Br)c3)C2)s1. The minimum Gasteiger partial charge on any atom is -0.375 e. The average Bonchev–Trinajstić information content (AvgIpc) is 2.87. The maximum Gasteiger partial charge on any atom is 0.180 e. The molecular formula is C14H16BrClFN3OS. The van der Waals surface area contributed by atoms with Crippen LogP contribution in [0.1, 0.15) is 16.5 Å². The topological polar surface area (TPSA) is 51.4 Å². The van der Waals surface area contributed by atoms with Crippen molar-refractivity contribution < 1.29 is 9.13 Å². The highest BCUT2D eigenvalue weighted by Crippen LogP contribution is 2.27. The Morgan fingerprint density at radius 2 is 2.32 bits per heavy atom. The number of benzene rings is 1. The van der Waals surface area contributed by atoms with Gasteiger partial charge in [0, 0.05) is 30.7 Å². The molecule has 1 aliphatic heterocycles. The van der Waals surface area contributed by atoms with Gasteiger partial charge in [-0.15, -0.1) is 23.7 Å². The van der Waals surface area contributed by atoms with Gasteiger partial charge in [0.2, 0.25) is 0 Å². The summed E-state index contributed by atoms with van der Waals surface area (Å²) < 4.78 is 19.6. The van der Waals surface area contributed by atoms with Gasteiger partial charge in [-0.05, 0) is 33.6 Å². The largest absolute Gasteiger partial charge is 0.375 e. The number of anilines is 1. The zero-order chi connectivity index (χ0) is 14.8. The molecule has 0 spiro atoms. The monoisotopic (exact) mass is 407 g/mol. The van der Waals surface area contributed by atoms with Crippen LogP contribution in [0.5, 0.6) is 0 Å². The van der Waals surface area contributed by atoms with Gasteiger partial charge in [-0.1, -0.05) is 6.07 Å². The molecular weight excluding hydrogens is 393 g/mol. The maximum absolute atomic E-state index is 13.3.